The Balaban J connectivity index is 2.94. The molecule has 1 heteroatoms. The molecule has 0 fully saturated rings. The van der Waals surface area contributed by atoms with Crippen molar-refractivity contribution in [1.29, 1.82) is 0 Å². The van der Waals surface area contributed by atoms with E-state index in [0.29, 0.717) is 5.92 Å². The average molecular weight is 179 g/mol. The molecule has 0 aromatic rings. The van der Waals surface area contributed by atoms with Gasteiger partial charge in [0, 0.05) is 6.54 Å². The first-order valence-electron chi connectivity index (χ1n) is 4.97. The topological polar surface area (TPSA) is 3.24 Å². The van der Waals surface area contributed by atoms with Crippen molar-refractivity contribution >= 4 is 0 Å². The molecule has 1 aliphatic rings. The smallest absolute Gasteiger partial charge is 0.0229 e. The molecule has 0 saturated carbocycles. The van der Waals surface area contributed by atoms with Gasteiger partial charge in [-0.25, -0.2) is 0 Å². The first-order valence-corrected chi connectivity index (χ1v) is 4.97. The normalized spacial score (nSPS) is 23.8. The van der Waals surface area contributed by atoms with Crippen LogP contribution in [-0.2, 0) is 0 Å². The first kappa shape index (κ1) is 10.5. The summed E-state index contributed by atoms with van der Waals surface area (Å²) < 4.78 is 0. The minimum Gasteiger partial charge on any atom is -0.305 e. The Labute approximate surface area is 82.1 Å². The summed E-state index contributed by atoms with van der Waals surface area (Å²) in [7, 11) is 4.26. The third-order valence-electron chi connectivity index (χ3n) is 3.29. The van der Waals surface area contributed by atoms with Crippen LogP contribution < -0.4 is 0 Å². The fourth-order valence-electron chi connectivity index (χ4n) is 2.00. The van der Waals surface area contributed by atoms with E-state index in [0.717, 1.165) is 6.54 Å². The molecular weight excluding hydrogens is 158 g/mol. The van der Waals surface area contributed by atoms with E-state index in [1.807, 2.05) is 0 Å². The van der Waals surface area contributed by atoms with Gasteiger partial charge in [0.05, 0.1) is 0 Å². The van der Waals surface area contributed by atoms with Crippen molar-refractivity contribution in [3.8, 4) is 0 Å². The molecule has 1 aliphatic carbocycles. The second-order valence-corrected chi connectivity index (χ2v) is 4.43. The molecule has 1 rings (SSSR count). The molecule has 13 heavy (non-hydrogen) atoms. The summed E-state index contributed by atoms with van der Waals surface area (Å²) >= 11 is 0. The van der Waals surface area contributed by atoms with Gasteiger partial charge in [-0.1, -0.05) is 18.1 Å². The van der Waals surface area contributed by atoms with Crippen molar-refractivity contribution in [2.45, 2.75) is 27.7 Å². The number of hydrogen-bond donors (Lipinski definition) is 0. The lowest BCUT2D eigenvalue weighted by molar-refractivity contribution is 0.446. The van der Waals surface area contributed by atoms with Gasteiger partial charge in [-0.2, -0.15) is 0 Å². The molecule has 0 aliphatic heterocycles. The molecule has 1 unspecified atom stereocenters. The Bertz CT molecular complexity index is 269. The number of rotatable bonds is 2. The van der Waals surface area contributed by atoms with Crippen molar-refractivity contribution in [3.05, 3.63) is 22.3 Å². The number of allylic oxidation sites excluding steroid dienone is 2. The molecule has 0 aromatic carbocycles. The Hall–Kier alpha value is -0.560. The zero-order valence-corrected chi connectivity index (χ0v) is 9.73. The summed E-state index contributed by atoms with van der Waals surface area (Å²) in [6.45, 7) is 10.2. The van der Waals surface area contributed by atoms with Crippen LogP contribution in [0.25, 0.3) is 0 Å². The third kappa shape index (κ3) is 1.86. The molecule has 1 atom stereocenters. The second kappa shape index (κ2) is 3.67. The monoisotopic (exact) mass is 179 g/mol. The predicted octanol–water partition coefficient (Wildman–Crippen LogP) is 2.85. The Morgan fingerprint density at radius 3 is 1.92 bits per heavy atom. The van der Waals surface area contributed by atoms with Crippen LogP contribution in [-0.4, -0.2) is 25.5 Å². The van der Waals surface area contributed by atoms with Crippen LogP contribution in [0.3, 0.4) is 0 Å². The molecule has 1 nitrogen and oxygen atoms in total. The van der Waals surface area contributed by atoms with Crippen LogP contribution in [0.1, 0.15) is 27.7 Å². The highest BCUT2D eigenvalue weighted by Crippen LogP contribution is 2.36. The van der Waals surface area contributed by atoms with Gasteiger partial charge in [-0.05, 0) is 51.9 Å². The van der Waals surface area contributed by atoms with Gasteiger partial charge in [0.2, 0.25) is 0 Å². The lowest BCUT2D eigenvalue weighted by Gasteiger charge is -2.13. The Morgan fingerprint density at radius 1 is 1.08 bits per heavy atom. The summed E-state index contributed by atoms with van der Waals surface area (Å²) in [4.78, 5) is 2.24. The van der Waals surface area contributed by atoms with Gasteiger partial charge in [-0.15, -0.1) is 0 Å². The van der Waals surface area contributed by atoms with Crippen LogP contribution >= 0.6 is 0 Å². The third-order valence-corrected chi connectivity index (χ3v) is 3.29. The Morgan fingerprint density at radius 2 is 1.62 bits per heavy atom. The van der Waals surface area contributed by atoms with Crippen LogP contribution in [0.5, 0.6) is 0 Å². The molecule has 0 aromatic heterocycles. The van der Waals surface area contributed by atoms with Crippen LogP contribution in [0.15, 0.2) is 22.3 Å². The van der Waals surface area contributed by atoms with Crippen molar-refractivity contribution in [3.63, 3.8) is 0 Å². The lowest BCUT2D eigenvalue weighted by Crippen LogP contribution is -2.15. The first-order chi connectivity index (χ1) is 5.95. The minimum atomic E-state index is 0.662. The minimum absolute atomic E-state index is 0.662. The van der Waals surface area contributed by atoms with E-state index in [4.69, 9.17) is 0 Å². The lowest BCUT2D eigenvalue weighted by atomic mass is 10.00. The van der Waals surface area contributed by atoms with E-state index in [1.54, 1.807) is 16.7 Å². The van der Waals surface area contributed by atoms with Crippen molar-refractivity contribution < 1.29 is 0 Å². The van der Waals surface area contributed by atoms with E-state index in [2.05, 4.69) is 46.7 Å². The summed E-state index contributed by atoms with van der Waals surface area (Å²) in [5.74, 6) is 0.662. The van der Waals surface area contributed by atoms with Crippen LogP contribution in [0.4, 0.5) is 0 Å². The second-order valence-electron chi connectivity index (χ2n) is 4.43. The molecule has 0 saturated heterocycles. The van der Waals surface area contributed by atoms with Gasteiger partial charge in [-0.3, -0.25) is 0 Å². The highest BCUT2D eigenvalue weighted by atomic mass is 15.0. The maximum Gasteiger partial charge on any atom is 0.0229 e. The highest BCUT2D eigenvalue weighted by molar-refractivity contribution is 5.47. The summed E-state index contributed by atoms with van der Waals surface area (Å²) in [6, 6.07) is 0. The van der Waals surface area contributed by atoms with Gasteiger partial charge in [0.15, 0.2) is 0 Å². The van der Waals surface area contributed by atoms with Gasteiger partial charge < -0.3 is 4.90 Å². The Kier molecular flexibility index (Phi) is 2.97. The highest BCUT2D eigenvalue weighted by Gasteiger charge is 2.22. The maximum absolute atomic E-state index is 2.30. The maximum atomic E-state index is 2.30. The van der Waals surface area contributed by atoms with Crippen LogP contribution in [0, 0.1) is 5.92 Å². The fraction of sp³-hybridized carbons (Fsp3) is 0.667. The van der Waals surface area contributed by atoms with E-state index in [-0.39, 0.29) is 0 Å². The standard InChI is InChI=1S/C12H21N/c1-8-9(2)11(4)12(10(8)3)7-13(5)6/h8H,7H2,1-6H3. The van der Waals surface area contributed by atoms with E-state index in [9.17, 15) is 0 Å². The molecule has 0 heterocycles. The molecule has 74 valence electrons. The molecule has 0 bridgehead atoms. The largest absolute Gasteiger partial charge is 0.305 e. The van der Waals surface area contributed by atoms with Crippen LogP contribution in [0.2, 0.25) is 0 Å². The van der Waals surface area contributed by atoms with Crippen molar-refractivity contribution in [2.75, 3.05) is 20.6 Å². The zero-order valence-electron chi connectivity index (χ0n) is 9.73. The SMILES string of the molecule is CC1=C(C)C(C)C(C)=C1CN(C)C. The molecule has 0 amide bonds. The number of nitrogens with zero attached hydrogens (tertiary/aromatic N) is 1. The number of likely N-dealkylation sites (N-methyl/N-ethyl adjacent to an activating group) is 1. The average Bonchev–Trinajstić information content (AvgIpc) is 2.22. The molecule has 0 N–H and O–H groups in total. The zero-order chi connectivity index (χ0) is 10.2. The van der Waals surface area contributed by atoms with Gasteiger partial charge >= 0.3 is 0 Å². The van der Waals surface area contributed by atoms with E-state index < -0.39 is 0 Å². The summed E-state index contributed by atoms with van der Waals surface area (Å²) in [6.07, 6.45) is 0. The fourth-order valence-corrected chi connectivity index (χ4v) is 2.00. The molecular formula is C12H21N. The van der Waals surface area contributed by atoms with E-state index in [1.165, 1.54) is 5.57 Å². The predicted molar refractivity (Wildman–Crippen MR) is 58.8 cm³/mol. The number of hydrogen-bond acceptors (Lipinski definition) is 1. The van der Waals surface area contributed by atoms with E-state index >= 15 is 0 Å². The molecule has 0 spiro atoms. The molecule has 0 radical (unpaired) electrons. The quantitative estimate of drug-likeness (QED) is 0.630. The van der Waals surface area contributed by atoms with Gasteiger partial charge in [0.25, 0.3) is 0 Å². The van der Waals surface area contributed by atoms with Crippen molar-refractivity contribution in [1.82, 2.24) is 4.90 Å². The van der Waals surface area contributed by atoms with Crippen molar-refractivity contribution in [2.24, 2.45) is 5.92 Å². The summed E-state index contributed by atoms with van der Waals surface area (Å²) in [5, 5.41) is 0. The van der Waals surface area contributed by atoms with Gasteiger partial charge in [0.1, 0.15) is 0 Å². The summed E-state index contributed by atoms with van der Waals surface area (Å²) in [5.41, 5.74) is 6.17.